The van der Waals surface area contributed by atoms with Gasteiger partial charge in [-0.1, -0.05) is 30.3 Å². The van der Waals surface area contributed by atoms with Crippen molar-refractivity contribution in [3.05, 3.63) is 70.2 Å². The van der Waals surface area contributed by atoms with Crippen molar-refractivity contribution >= 4 is 11.3 Å². The molecule has 3 aromatic rings. The topological polar surface area (TPSA) is 34.1 Å². The van der Waals surface area contributed by atoms with Crippen LogP contribution in [0.4, 0.5) is 8.78 Å². The molecule has 0 saturated heterocycles. The van der Waals surface area contributed by atoms with Crippen LogP contribution in [-0.2, 0) is 13.1 Å². The van der Waals surface area contributed by atoms with Crippen LogP contribution in [0.5, 0.6) is 5.75 Å². The van der Waals surface area contributed by atoms with Crippen molar-refractivity contribution < 1.29 is 13.5 Å². The van der Waals surface area contributed by atoms with E-state index in [4.69, 9.17) is 4.74 Å². The van der Waals surface area contributed by atoms with Crippen molar-refractivity contribution in [1.29, 1.82) is 0 Å². The SMILES string of the molecule is COc1ccc(CNCc2cnc(-c3ccccc3C)s2)c(F)c1F. The first-order valence-electron chi connectivity index (χ1n) is 7.82. The molecule has 0 radical (unpaired) electrons. The molecule has 0 bridgehead atoms. The Balaban J connectivity index is 1.64. The highest BCUT2D eigenvalue weighted by Gasteiger charge is 2.13. The second-order valence-corrected chi connectivity index (χ2v) is 6.72. The molecule has 3 rings (SSSR count). The summed E-state index contributed by atoms with van der Waals surface area (Å²) in [6, 6.07) is 11.0. The fraction of sp³-hybridized carbons (Fsp3) is 0.211. The van der Waals surface area contributed by atoms with Gasteiger partial charge in [-0.2, -0.15) is 4.39 Å². The number of aromatic nitrogens is 1. The van der Waals surface area contributed by atoms with Crippen LogP contribution in [0.25, 0.3) is 10.6 Å². The van der Waals surface area contributed by atoms with E-state index in [9.17, 15) is 8.78 Å². The fourth-order valence-electron chi connectivity index (χ4n) is 2.51. The summed E-state index contributed by atoms with van der Waals surface area (Å²) in [5.74, 6) is -1.93. The Kier molecular flexibility index (Phi) is 5.40. The van der Waals surface area contributed by atoms with Gasteiger partial charge in [-0.15, -0.1) is 11.3 Å². The van der Waals surface area contributed by atoms with Crippen molar-refractivity contribution in [3.63, 3.8) is 0 Å². The molecule has 0 aliphatic heterocycles. The average Bonchev–Trinajstić information content (AvgIpc) is 3.08. The lowest BCUT2D eigenvalue weighted by atomic mass is 10.1. The van der Waals surface area contributed by atoms with Crippen LogP contribution in [0.15, 0.2) is 42.6 Å². The third kappa shape index (κ3) is 3.86. The van der Waals surface area contributed by atoms with Crippen LogP contribution in [0.2, 0.25) is 0 Å². The number of hydrogen-bond acceptors (Lipinski definition) is 4. The zero-order valence-electron chi connectivity index (χ0n) is 14.0. The molecule has 1 N–H and O–H groups in total. The molecule has 1 aromatic heterocycles. The van der Waals surface area contributed by atoms with E-state index in [0.29, 0.717) is 6.54 Å². The van der Waals surface area contributed by atoms with E-state index in [1.165, 1.54) is 24.8 Å². The standard InChI is InChI=1S/C19H18F2N2OS/c1-12-5-3-4-6-15(12)19-23-11-14(25-19)10-22-9-13-7-8-16(24-2)18(21)17(13)20/h3-8,11,22H,9-10H2,1-2H3. The van der Waals surface area contributed by atoms with Gasteiger partial charge in [-0.25, -0.2) is 9.37 Å². The van der Waals surface area contributed by atoms with E-state index in [1.807, 2.05) is 24.4 Å². The Morgan fingerprint density at radius 2 is 1.88 bits per heavy atom. The van der Waals surface area contributed by atoms with Gasteiger partial charge < -0.3 is 10.1 Å². The maximum atomic E-state index is 13.9. The van der Waals surface area contributed by atoms with Crippen LogP contribution in [0.3, 0.4) is 0 Å². The second kappa shape index (κ2) is 7.72. The van der Waals surface area contributed by atoms with Crippen molar-refractivity contribution in [2.75, 3.05) is 7.11 Å². The fourth-order valence-corrected chi connectivity index (χ4v) is 3.49. The van der Waals surface area contributed by atoms with Crippen LogP contribution in [0, 0.1) is 18.6 Å². The zero-order chi connectivity index (χ0) is 17.8. The molecule has 0 spiro atoms. The highest BCUT2D eigenvalue weighted by atomic mass is 32.1. The van der Waals surface area contributed by atoms with E-state index in [2.05, 4.69) is 23.3 Å². The van der Waals surface area contributed by atoms with Gasteiger partial charge in [-0.3, -0.25) is 0 Å². The Bertz CT molecular complexity index is 880. The quantitative estimate of drug-likeness (QED) is 0.692. The lowest BCUT2D eigenvalue weighted by Crippen LogP contribution is -2.13. The van der Waals surface area contributed by atoms with Crippen LogP contribution in [-0.4, -0.2) is 12.1 Å². The molecule has 0 atom stereocenters. The molecular weight excluding hydrogens is 342 g/mol. The molecule has 0 amide bonds. The molecule has 0 fully saturated rings. The Labute approximate surface area is 149 Å². The summed E-state index contributed by atoms with van der Waals surface area (Å²) in [6.45, 7) is 2.82. The summed E-state index contributed by atoms with van der Waals surface area (Å²) in [4.78, 5) is 5.49. The van der Waals surface area contributed by atoms with Gasteiger partial charge in [-0.05, 0) is 18.6 Å². The van der Waals surface area contributed by atoms with Gasteiger partial charge in [0.1, 0.15) is 5.01 Å². The molecule has 0 saturated carbocycles. The Morgan fingerprint density at radius 3 is 2.64 bits per heavy atom. The van der Waals surface area contributed by atoms with E-state index in [1.54, 1.807) is 11.3 Å². The molecule has 25 heavy (non-hydrogen) atoms. The number of ether oxygens (including phenoxy) is 1. The molecule has 0 aliphatic rings. The Morgan fingerprint density at radius 1 is 1.08 bits per heavy atom. The van der Waals surface area contributed by atoms with E-state index in [-0.39, 0.29) is 17.9 Å². The lowest BCUT2D eigenvalue weighted by Gasteiger charge is -2.08. The van der Waals surface area contributed by atoms with Gasteiger partial charge in [0, 0.05) is 35.3 Å². The molecule has 2 aromatic carbocycles. The monoisotopic (exact) mass is 360 g/mol. The molecule has 6 heteroatoms. The van der Waals surface area contributed by atoms with Crippen molar-refractivity contribution in [2.45, 2.75) is 20.0 Å². The number of hydrogen-bond donors (Lipinski definition) is 1. The maximum absolute atomic E-state index is 13.9. The minimum absolute atomic E-state index is 0.0911. The largest absolute Gasteiger partial charge is 0.494 e. The van der Waals surface area contributed by atoms with Gasteiger partial charge >= 0.3 is 0 Å². The van der Waals surface area contributed by atoms with Crippen LogP contribution in [0.1, 0.15) is 16.0 Å². The van der Waals surface area contributed by atoms with Gasteiger partial charge in [0.25, 0.3) is 0 Å². The minimum atomic E-state index is -0.957. The summed E-state index contributed by atoms with van der Waals surface area (Å²) in [5.41, 5.74) is 2.55. The molecule has 0 aliphatic carbocycles. The summed E-state index contributed by atoms with van der Waals surface area (Å²) in [6.07, 6.45) is 1.81. The van der Waals surface area contributed by atoms with Crippen molar-refractivity contribution in [1.82, 2.24) is 10.3 Å². The number of benzene rings is 2. The number of rotatable bonds is 6. The second-order valence-electron chi connectivity index (χ2n) is 5.61. The third-order valence-electron chi connectivity index (χ3n) is 3.89. The summed E-state index contributed by atoms with van der Waals surface area (Å²) in [5, 5.41) is 4.08. The first kappa shape index (κ1) is 17.5. The van der Waals surface area contributed by atoms with E-state index < -0.39 is 11.6 Å². The number of thiazole rings is 1. The summed E-state index contributed by atoms with van der Waals surface area (Å²) in [7, 11) is 1.31. The zero-order valence-corrected chi connectivity index (χ0v) is 14.8. The van der Waals surface area contributed by atoms with Gasteiger partial charge in [0.05, 0.1) is 7.11 Å². The number of nitrogens with zero attached hydrogens (tertiary/aromatic N) is 1. The highest BCUT2D eigenvalue weighted by molar-refractivity contribution is 7.15. The molecule has 130 valence electrons. The third-order valence-corrected chi connectivity index (χ3v) is 4.92. The number of nitrogens with one attached hydrogen (secondary N) is 1. The number of aryl methyl sites for hydroxylation is 1. The van der Waals surface area contributed by atoms with E-state index in [0.717, 1.165) is 15.4 Å². The average molecular weight is 360 g/mol. The molecule has 1 heterocycles. The predicted molar refractivity (Wildman–Crippen MR) is 95.7 cm³/mol. The predicted octanol–water partition coefficient (Wildman–Crippen LogP) is 4.70. The van der Waals surface area contributed by atoms with Gasteiger partial charge in [0.2, 0.25) is 5.82 Å². The van der Waals surface area contributed by atoms with Crippen LogP contribution >= 0.6 is 11.3 Å². The number of halogens is 2. The summed E-state index contributed by atoms with van der Waals surface area (Å²) >= 11 is 1.59. The normalized spacial score (nSPS) is 10.9. The molecular formula is C19H18F2N2OS. The van der Waals surface area contributed by atoms with Crippen molar-refractivity contribution in [3.8, 4) is 16.3 Å². The molecule has 0 unspecified atom stereocenters. The number of methoxy groups -OCH3 is 1. The Hall–Kier alpha value is -2.31. The first-order valence-corrected chi connectivity index (χ1v) is 8.64. The van der Waals surface area contributed by atoms with Crippen molar-refractivity contribution in [2.24, 2.45) is 0 Å². The van der Waals surface area contributed by atoms with Gasteiger partial charge in [0.15, 0.2) is 11.6 Å². The minimum Gasteiger partial charge on any atom is -0.494 e. The van der Waals surface area contributed by atoms with Crippen LogP contribution < -0.4 is 10.1 Å². The maximum Gasteiger partial charge on any atom is 0.200 e. The molecule has 3 nitrogen and oxygen atoms in total. The first-order chi connectivity index (χ1) is 12.1. The van der Waals surface area contributed by atoms with E-state index >= 15 is 0 Å². The highest BCUT2D eigenvalue weighted by Crippen LogP contribution is 2.28. The summed E-state index contributed by atoms with van der Waals surface area (Å²) < 4.78 is 32.4. The smallest absolute Gasteiger partial charge is 0.200 e. The lowest BCUT2D eigenvalue weighted by molar-refractivity contribution is 0.369.